The van der Waals surface area contributed by atoms with Crippen molar-refractivity contribution in [3.05, 3.63) is 92.8 Å². The summed E-state index contributed by atoms with van der Waals surface area (Å²) in [6.45, 7) is 12.6. The molecule has 8 N–H and O–H groups in total. The van der Waals surface area contributed by atoms with E-state index in [9.17, 15) is 46.6 Å². The summed E-state index contributed by atoms with van der Waals surface area (Å²) < 4.78 is 439. The Balaban J connectivity index is 0.000000238. The van der Waals surface area contributed by atoms with E-state index in [-0.39, 0.29) is 96.1 Å². The van der Waals surface area contributed by atoms with Crippen LogP contribution >= 0.6 is 0 Å². The van der Waals surface area contributed by atoms with Gasteiger partial charge in [0.2, 0.25) is 0 Å². The van der Waals surface area contributed by atoms with E-state index in [2.05, 4.69) is 0 Å². The van der Waals surface area contributed by atoms with E-state index < -0.39 is 353 Å². The van der Waals surface area contributed by atoms with Gasteiger partial charge in [-0.1, -0.05) is 111 Å². The number of carbonyl (C=O) groups is 4. The van der Waals surface area contributed by atoms with Crippen molar-refractivity contribution in [3.63, 3.8) is 0 Å². The van der Waals surface area contributed by atoms with Gasteiger partial charge in [-0.3, -0.25) is 38.8 Å². The molecule has 16 atom stereocenters. The third kappa shape index (κ3) is 23.8. The maximum Gasteiger partial charge on any atom is 0.323 e. The average Bonchev–Trinajstić information content (AvgIpc) is 0.662. The van der Waals surface area contributed by atoms with Crippen molar-refractivity contribution in [3.8, 4) is 46.0 Å². The molecule has 0 bridgehead atoms. The number of nitrogens with two attached hydrogens (primary N) is 4. The van der Waals surface area contributed by atoms with Crippen LogP contribution in [-0.2, 0) is 63.8 Å². The van der Waals surface area contributed by atoms with Crippen molar-refractivity contribution in [1.82, 2.24) is 19.6 Å². The van der Waals surface area contributed by atoms with E-state index >= 15 is 0 Å². The van der Waals surface area contributed by atoms with Crippen LogP contribution in [0, 0.1) is 70.9 Å². The van der Waals surface area contributed by atoms with Gasteiger partial charge >= 0.3 is 23.9 Å². The summed E-state index contributed by atoms with van der Waals surface area (Å²) in [5.74, 6) is -23.1. The molecule has 120 heavy (non-hydrogen) atoms. The Morgan fingerprint density at radius 2 is 0.525 bits per heavy atom. The van der Waals surface area contributed by atoms with Gasteiger partial charge in [0.15, 0.2) is 46.0 Å². The van der Waals surface area contributed by atoms with Gasteiger partial charge in [0, 0.05) is 153 Å². The maximum atomic E-state index is 13.2. The molecule has 0 aliphatic carbocycles. The number of esters is 4. The lowest BCUT2D eigenvalue weighted by molar-refractivity contribution is -0.161. The van der Waals surface area contributed by atoms with Crippen LogP contribution in [0.25, 0.3) is 0 Å². The summed E-state index contributed by atoms with van der Waals surface area (Å²) in [5.41, 5.74) is 21.5. The Morgan fingerprint density at radius 1 is 0.342 bits per heavy atom. The number of hydrogen-bond acceptors (Lipinski definition) is 24. The first-order chi connectivity index (χ1) is 73.2. The van der Waals surface area contributed by atoms with Crippen molar-refractivity contribution in [1.29, 1.82) is 0 Å². The predicted molar refractivity (Wildman–Crippen MR) is 471 cm³/mol. The highest BCUT2D eigenvalue weighted by molar-refractivity contribution is 5.77. The number of hydrogen-bond donors (Lipinski definition) is 4. The molecule has 4 aromatic carbocycles. The number of benzene rings is 4. The molecule has 0 amide bonds. The Morgan fingerprint density at radius 3 is 0.692 bits per heavy atom. The number of methoxy groups -OCH3 is 8. The molecule has 24 nitrogen and oxygen atoms in total. The van der Waals surface area contributed by atoms with Gasteiger partial charge in [-0.15, -0.1) is 0 Å². The monoisotopic (exact) mass is 1720 g/mol. The number of carbonyl (C=O) groups excluding carboxylic acids is 4. The topological polar surface area (TPSA) is 296 Å². The van der Waals surface area contributed by atoms with Gasteiger partial charge in [0.1, 0.15) is 48.5 Å². The lowest BCUT2D eigenvalue weighted by Crippen LogP contribution is -2.51. The summed E-state index contributed by atoms with van der Waals surface area (Å²) >= 11 is 0. The number of rotatable bonds is 28. The fourth-order valence-electron chi connectivity index (χ4n) is 13.3. The van der Waals surface area contributed by atoms with E-state index in [1.807, 2.05) is 0 Å². The molecule has 4 fully saturated rings. The summed E-state index contributed by atoms with van der Waals surface area (Å²) in [7, 11) is 0.988. The Labute approximate surface area is 777 Å². The molecule has 8 aliphatic rings. The zero-order chi connectivity index (χ0) is 125. The zero-order valence-corrected chi connectivity index (χ0v) is 73.0. The predicted octanol–water partition coefficient (Wildman–Crippen LogP) is 14.3. The Hall–Kier alpha value is -7.16. The third-order valence-electron chi connectivity index (χ3n) is 20.2. The van der Waals surface area contributed by atoms with Crippen LogP contribution < -0.4 is 60.8 Å². The minimum absolute atomic E-state index is 0.0532. The number of nitrogens with zero attached hydrogens (tertiary/aromatic N) is 4. The summed E-state index contributed by atoms with van der Waals surface area (Å²) in [6, 6.07) is -21.5. The van der Waals surface area contributed by atoms with Crippen molar-refractivity contribution < 1.29 is 134 Å². The van der Waals surface area contributed by atoms with Crippen LogP contribution in [0.5, 0.6) is 46.0 Å². The second-order valence-corrected chi connectivity index (χ2v) is 32.8. The molecule has 4 aromatic rings. The van der Waals surface area contributed by atoms with Gasteiger partial charge in [-0.05, 0) is 192 Å². The second kappa shape index (κ2) is 43.9. The van der Waals surface area contributed by atoms with Gasteiger partial charge in [0.05, 0.1) is 86.9 Å². The maximum absolute atomic E-state index is 13.2. The van der Waals surface area contributed by atoms with Crippen molar-refractivity contribution in [2.45, 2.75) is 260 Å². The van der Waals surface area contributed by atoms with E-state index in [0.29, 0.717) is 0 Å². The first-order valence-electron chi connectivity index (χ1n) is 61.5. The number of fused-ring (bicyclic) bond motifs is 12. The van der Waals surface area contributed by atoms with Crippen LogP contribution in [0.1, 0.15) is 288 Å². The van der Waals surface area contributed by atoms with E-state index in [4.69, 9.17) is 110 Å². The fraction of sp³-hybridized carbons (Fsp3) is 0.708. The van der Waals surface area contributed by atoms with Crippen molar-refractivity contribution in [2.75, 3.05) is 109 Å². The smallest absolute Gasteiger partial charge is 0.323 e. The molecular formula is C96H152N8O16. The lowest BCUT2D eigenvalue weighted by Gasteiger charge is -2.47. The molecule has 0 aromatic heterocycles. The SMILES string of the molecule is [2H]c1c2c(c([2H])c(OC)c1OC([2H])([2H])[2H])C1([2H])N(CC2)C([2H])([2H])C([2H])(CC(C)C)C([2H])(OC(=O)[C@@H](N)C(C)C)C1([2H])[2H].[2H]c1c2c(c([2H])c(OC)c1OC([2H])([2H])[2H])C1([2H])N(CC2)C([2H])([2H])C([2H])(CC(C)C)C([2H])(OC(=O)[C@@H](N)C(C)C)C1([2H])[2H].[2H]c1c2c(c([2H])c(OC)c1OC)C1([2H])N(CC2)C([2H])([2H])C([2H])(CC(C)C)C([2H])(OC(=O)[C@@H](N)C(C)C)C1([2H])[2H].[2H]c1c2c(c([2H])c(OC)c1OC)C1([2H])N(CC2)C([2H])([2H])C([2H])(CC(C)C)C([2H])(OC(=O)[C@@H](N)C(C)C)C1([2H])[2H]. The first-order valence-corrected chi connectivity index (χ1v) is 40.5. The quantitative estimate of drug-likeness (QED) is 0.0303. The van der Waals surface area contributed by atoms with Crippen molar-refractivity contribution >= 4 is 23.9 Å². The van der Waals surface area contributed by atoms with Gasteiger partial charge in [-0.2, -0.15) is 0 Å². The standard InChI is InChI=1S/4C24H38N2O4/c4*1-14(2)9-17-13-26-8-7-16-10-21(28-5)22(29-6)11-18(16)19(26)12-20(17)30-24(27)23(25)15(3)4/h4*10-11,14-15,17,19-20,23H,7-9,12-13,25H2,1-6H3/t4*17?,19?,20?,23-/m0000/s1/i2*5D3,10D,11D,12D2,13D2,17D,19D,20D;2*10D,11D,12D2,13D2,17D,19D,20D. The number of ether oxygens (including phenoxy) is 12. The van der Waals surface area contributed by atoms with E-state index in [1.54, 1.807) is 111 Å². The number of piperidine rings is 4. The van der Waals surface area contributed by atoms with Crippen LogP contribution in [0.3, 0.4) is 0 Å². The molecule has 12 rings (SSSR count). The molecule has 4 saturated heterocycles. The average molecular weight is 1720 g/mol. The molecule has 0 saturated carbocycles. The van der Waals surface area contributed by atoms with Crippen molar-refractivity contribution in [2.24, 2.45) is 93.9 Å². The summed E-state index contributed by atoms with van der Waals surface area (Å²) in [5, 5.41) is 0. The van der Waals surface area contributed by atoms with E-state index in [0.717, 1.165) is 33.8 Å². The van der Waals surface area contributed by atoms with Gasteiger partial charge in [0.25, 0.3) is 0 Å². The normalized spacial score (nSPS) is 40.9. The Bertz CT molecular complexity index is 5880. The van der Waals surface area contributed by atoms with Gasteiger partial charge < -0.3 is 79.8 Å². The minimum atomic E-state index is -3.44. The summed E-state index contributed by atoms with van der Waals surface area (Å²) in [4.78, 5) is 55.7. The molecule has 24 heteroatoms. The largest absolute Gasteiger partial charge is 0.493 e. The minimum Gasteiger partial charge on any atom is -0.493 e. The molecule has 12 unspecified atom stereocenters. The highest BCUT2D eigenvalue weighted by atomic mass is 16.6. The fourth-order valence-corrected chi connectivity index (χ4v) is 13.3. The molecule has 8 heterocycles. The van der Waals surface area contributed by atoms with Crippen LogP contribution in [0.2, 0.25) is 0 Å². The first kappa shape index (κ1) is 53.2. The highest BCUT2D eigenvalue weighted by Gasteiger charge is 2.47. The van der Waals surface area contributed by atoms with E-state index in [1.165, 1.54) is 28.4 Å². The molecule has 672 valence electrons. The molecule has 8 aliphatic heterocycles. The zero-order valence-electron chi connectivity index (χ0n) is 115. The third-order valence-corrected chi connectivity index (χ3v) is 20.2. The van der Waals surface area contributed by atoms with Crippen LogP contribution in [0.4, 0.5) is 0 Å². The highest BCUT2D eigenvalue weighted by Crippen LogP contribution is 2.50. The Kier molecular flexibility index (Phi) is 19.5. The lowest BCUT2D eigenvalue weighted by atomic mass is 9.79. The second-order valence-electron chi connectivity index (χ2n) is 32.8. The molecule has 0 radical (unpaired) electrons. The van der Waals surface area contributed by atoms with Crippen LogP contribution in [-0.4, -0.2) is 201 Å². The molecule has 0 spiro atoms. The molecular weight excluding hydrogens is 1520 g/mol. The van der Waals surface area contributed by atoms with Gasteiger partial charge in [-0.25, -0.2) is 0 Å². The van der Waals surface area contributed by atoms with Crippen LogP contribution in [0.15, 0.2) is 48.3 Å². The summed E-state index contributed by atoms with van der Waals surface area (Å²) in [6.07, 6.45) is -29.2.